The predicted octanol–water partition coefficient (Wildman–Crippen LogP) is 3.10. The fourth-order valence-corrected chi connectivity index (χ4v) is 2.18. The number of unbranched alkanes of at least 4 members (excludes halogenated alkanes) is 1. The molecule has 1 atom stereocenters. The van der Waals surface area contributed by atoms with E-state index in [0.29, 0.717) is 12.4 Å². The molecule has 0 saturated heterocycles. The van der Waals surface area contributed by atoms with E-state index in [0.717, 1.165) is 30.4 Å². The van der Waals surface area contributed by atoms with Crippen molar-refractivity contribution in [3.05, 3.63) is 53.2 Å². The van der Waals surface area contributed by atoms with Gasteiger partial charge in [-0.15, -0.1) is 0 Å². The van der Waals surface area contributed by atoms with Crippen LogP contribution < -0.4 is 11.1 Å². The van der Waals surface area contributed by atoms with Crippen molar-refractivity contribution in [1.82, 2.24) is 10.3 Å². The summed E-state index contributed by atoms with van der Waals surface area (Å²) in [6.07, 6.45) is 4.26. The van der Waals surface area contributed by atoms with Gasteiger partial charge in [0.15, 0.2) is 5.69 Å². The number of aryl methyl sites for hydroxylation is 1. The van der Waals surface area contributed by atoms with Gasteiger partial charge in [0.2, 0.25) is 5.89 Å². The molecule has 0 aliphatic heterocycles. The van der Waals surface area contributed by atoms with Crippen molar-refractivity contribution in [2.24, 2.45) is 5.73 Å². The van der Waals surface area contributed by atoms with Crippen LogP contribution in [0.3, 0.4) is 0 Å². The number of hydrogen-bond acceptors (Lipinski definition) is 4. The smallest absolute Gasteiger partial charge is 0.273 e. The lowest BCUT2D eigenvalue weighted by Gasteiger charge is -2.06. The quantitative estimate of drug-likeness (QED) is 0.823. The third-order valence-electron chi connectivity index (χ3n) is 3.64. The van der Waals surface area contributed by atoms with E-state index in [4.69, 9.17) is 10.2 Å². The molecule has 1 aromatic carbocycles. The Labute approximate surface area is 130 Å². The van der Waals surface area contributed by atoms with Crippen molar-refractivity contribution in [3.63, 3.8) is 0 Å². The Bertz CT molecular complexity index is 622. The normalized spacial score (nSPS) is 12.1. The van der Waals surface area contributed by atoms with Crippen molar-refractivity contribution in [3.8, 4) is 0 Å². The molecule has 22 heavy (non-hydrogen) atoms. The molecule has 1 amide bonds. The molecule has 0 aliphatic rings. The van der Waals surface area contributed by atoms with Gasteiger partial charge in [0.1, 0.15) is 6.26 Å². The summed E-state index contributed by atoms with van der Waals surface area (Å²) < 4.78 is 5.32. The molecule has 1 unspecified atom stereocenters. The second-order valence-corrected chi connectivity index (χ2v) is 5.43. The number of oxazole rings is 1. The van der Waals surface area contributed by atoms with Crippen LogP contribution in [0.5, 0.6) is 0 Å². The highest BCUT2D eigenvalue weighted by Crippen LogP contribution is 2.16. The van der Waals surface area contributed by atoms with E-state index < -0.39 is 0 Å². The van der Waals surface area contributed by atoms with E-state index in [1.54, 1.807) is 0 Å². The molecule has 5 heteroatoms. The first-order valence-corrected chi connectivity index (χ1v) is 7.65. The second kappa shape index (κ2) is 7.75. The lowest BCUT2D eigenvalue weighted by molar-refractivity contribution is 0.0946. The molecule has 2 rings (SSSR count). The zero-order chi connectivity index (χ0) is 15.9. The minimum Gasteiger partial charge on any atom is -0.446 e. The Morgan fingerprint density at radius 2 is 2.18 bits per heavy atom. The highest BCUT2D eigenvalue weighted by atomic mass is 16.3. The molecule has 0 radical (unpaired) electrons. The average Bonchev–Trinajstić information content (AvgIpc) is 3.01. The van der Waals surface area contributed by atoms with E-state index in [2.05, 4.69) is 17.2 Å². The van der Waals surface area contributed by atoms with Crippen LogP contribution in [0, 0.1) is 6.92 Å². The topological polar surface area (TPSA) is 81.1 Å². The second-order valence-electron chi connectivity index (χ2n) is 5.43. The van der Waals surface area contributed by atoms with Crippen LogP contribution >= 0.6 is 0 Å². The molecular weight excluding hydrogens is 278 g/mol. The number of amides is 1. The van der Waals surface area contributed by atoms with Crippen LogP contribution in [-0.4, -0.2) is 10.9 Å². The Morgan fingerprint density at radius 3 is 2.91 bits per heavy atom. The first-order chi connectivity index (χ1) is 10.6. The van der Waals surface area contributed by atoms with Crippen molar-refractivity contribution < 1.29 is 9.21 Å². The first-order valence-electron chi connectivity index (χ1n) is 7.65. The molecule has 0 spiro atoms. The lowest BCUT2D eigenvalue weighted by atomic mass is 10.1. The number of rotatable bonds is 7. The molecular formula is C17H23N3O2. The summed E-state index contributed by atoms with van der Waals surface area (Å²) in [6.45, 7) is 4.59. The maximum Gasteiger partial charge on any atom is 0.273 e. The predicted molar refractivity (Wildman–Crippen MR) is 85.3 cm³/mol. The largest absolute Gasteiger partial charge is 0.446 e. The van der Waals surface area contributed by atoms with Gasteiger partial charge in [-0.3, -0.25) is 4.79 Å². The zero-order valence-electron chi connectivity index (χ0n) is 13.1. The van der Waals surface area contributed by atoms with E-state index in [-0.39, 0.29) is 17.6 Å². The van der Waals surface area contributed by atoms with Gasteiger partial charge in [-0.25, -0.2) is 4.98 Å². The minimum atomic E-state index is -0.252. The summed E-state index contributed by atoms with van der Waals surface area (Å²) in [5, 5.41) is 2.85. The number of nitrogens with one attached hydrogen (secondary N) is 1. The highest BCUT2D eigenvalue weighted by Gasteiger charge is 2.16. The lowest BCUT2D eigenvalue weighted by Crippen LogP contribution is -2.23. The van der Waals surface area contributed by atoms with Crippen LogP contribution in [0.25, 0.3) is 0 Å². The molecule has 5 nitrogen and oxygen atoms in total. The zero-order valence-corrected chi connectivity index (χ0v) is 13.1. The SMILES string of the molecule is CCCCC(N)c1nc(C(=O)NCc2ccccc2C)co1. The molecule has 0 fully saturated rings. The average molecular weight is 301 g/mol. The van der Waals surface area contributed by atoms with Crippen LogP contribution in [0.15, 0.2) is 34.9 Å². The Hall–Kier alpha value is -2.14. The number of benzene rings is 1. The van der Waals surface area contributed by atoms with E-state index in [1.807, 2.05) is 31.2 Å². The fraction of sp³-hybridized carbons (Fsp3) is 0.412. The van der Waals surface area contributed by atoms with Crippen LogP contribution in [0.2, 0.25) is 0 Å². The molecule has 0 aliphatic carbocycles. The van der Waals surface area contributed by atoms with Crippen molar-refractivity contribution in [2.75, 3.05) is 0 Å². The summed E-state index contributed by atoms with van der Waals surface area (Å²) >= 11 is 0. The summed E-state index contributed by atoms with van der Waals surface area (Å²) in [5.41, 5.74) is 8.49. The maximum absolute atomic E-state index is 12.1. The number of nitrogens with zero attached hydrogens (tertiary/aromatic N) is 1. The van der Waals surface area contributed by atoms with Gasteiger partial charge >= 0.3 is 0 Å². The van der Waals surface area contributed by atoms with Crippen molar-refractivity contribution in [1.29, 1.82) is 0 Å². The van der Waals surface area contributed by atoms with Crippen LogP contribution in [0.1, 0.15) is 59.7 Å². The molecule has 1 heterocycles. The molecule has 2 aromatic rings. The Balaban J connectivity index is 1.93. The van der Waals surface area contributed by atoms with Crippen molar-refractivity contribution >= 4 is 5.91 Å². The van der Waals surface area contributed by atoms with Gasteiger partial charge in [-0.1, -0.05) is 44.0 Å². The first kappa shape index (κ1) is 16.2. The highest BCUT2D eigenvalue weighted by molar-refractivity contribution is 5.91. The van der Waals surface area contributed by atoms with Gasteiger partial charge in [0, 0.05) is 6.54 Å². The third kappa shape index (κ3) is 4.18. The standard InChI is InChI=1S/C17H23N3O2/c1-3-4-9-14(18)17-20-15(11-22-17)16(21)19-10-13-8-6-5-7-12(13)2/h5-8,11,14H,3-4,9-10,18H2,1-2H3,(H,19,21). The Kier molecular flexibility index (Phi) is 5.72. The minimum absolute atomic E-state index is 0.249. The van der Waals surface area contributed by atoms with E-state index in [9.17, 15) is 4.79 Å². The summed E-state index contributed by atoms with van der Waals surface area (Å²) in [5.74, 6) is 0.176. The van der Waals surface area contributed by atoms with Crippen molar-refractivity contribution in [2.45, 2.75) is 45.7 Å². The Morgan fingerprint density at radius 1 is 1.41 bits per heavy atom. The number of carbonyl (C=O) groups excluding carboxylic acids is 1. The number of carbonyl (C=O) groups is 1. The maximum atomic E-state index is 12.1. The van der Waals surface area contributed by atoms with E-state index in [1.165, 1.54) is 6.26 Å². The summed E-state index contributed by atoms with van der Waals surface area (Å²) in [6, 6.07) is 7.68. The fourth-order valence-electron chi connectivity index (χ4n) is 2.18. The number of nitrogens with two attached hydrogens (primary N) is 1. The number of aromatic nitrogens is 1. The van der Waals surface area contributed by atoms with Gasteiger partial charge in [-0.2, -0.15) is 0 Å². The molecule has 1 aromatic heterocycles. The van der Waals surface area contributed by atoms with Gasteiger partial charge in [0.25, 0.3) is 5.91 Å². The molecule has 0 saturated carbocycles. The van der Waals surface area contributed by atoms with Crippen LogP contribution in [-0.2, 0) is 6.54 Å². The monoisotopic (exact) mass is 301 g/mol. The number of hydrogen-bond donors (Lipinski definition) is 2. The van der Waals surface area contributed by atoms with Crippen LogP contribution in [0.4, 0.5) is 0 Å². The van der Waals surface area contributed by atoms with Gasteiger partial charge < -0.3 is 15.5 Å². The molecule has 3 N–H and O–H groups in total. The molecule has 0 bridgehead atoms. The molecule has 118 valence electrons. The van der Waals surface area contributed by atoms with Gasteiger partial charge in [-0.05, 0) is 24.5 Å². The summed E-state index contributed by atoms with van der Waals surface area (Å²) in [4.78, 5) is 16.3. The van der Waals surface area contributed by atoms with E-state index >= 15 is 0 Å². The van der Waals surface area contributed by atoms with Gasteiger partial charge in [0.05, 0.1) is 6.04 Å². The third-order valence-corrected chi connectivity index (χ3v) is 3.64. The summed E-state index contributed by atoms with van der Waals surface area (Å²) in [7, 11) is 0.